The van der Waals surface area contributed by atoms with Crippen molar-refractivity contribution in [2.45, 2.75) is 52.9 Å². The first kappa shape index (κ1) is 20.1. The van der Waals surface area contributed by atoms with Crippen molar-refractivity contribution in [2.75, 3.05) is 0 Å². The topological polar surface area (TPSA) is 70.4 Å². The van der Waals surface area contributed by atoms with Crippen LogP contribution in [-0.4, -0.2) is 27.7 Å². The summed E-state index contributed by atoms with van der Waals surface area (Å²) in [6, 6.07) is 6.87. The second-order valence-corrected chi connectivity index (χ2v) is 8.00. The van der Waals surface area contributed by atoms with Crippen molar-refractivity contribution >= 4 is 27.5 Å². The molecule has 1 atom stereocenters. The second kappa shape index (κ2) is 8.14. The van der Waals surface area contributed by atoms with Crippen LogP contribution >= 0.6 is 11.3 Å². The average Bonchev–Trinajstić information content (AvgIpc) is 3.06. The molecule has 0 unspecified atom stereocenters. The van der Waals surface area contributed by atoms with E-state index in [2.05, 4.69) is 4.98 Å². The molecular formula is C21H24N2O4S. The second-order valence-electron chi connectivity index (χ2n) is 7.14. The minimum Gasteiger partial charge on any atom is -0.491 e. The summed E-state index contributed by atoms with van der Waals surface area (Å²) >= 11 is 1.41. The number of benzene rings is 1. The zero-order chi connectivity index (χ0) is 20.4. The van der Waals surface area contributed by atoms with Crippen molar-refractivity contribution in [3.63, 3.8) is 0 Å². The zero-order valence-electron chi connectivity index (χ0n) is 16.6. The minimum absolute atomic E-state index is 0.0938. The van der Waals surface area contributed by atoms with E-state index >= 15 is 0 Å². The lowest BCUT2D eigenvalue weighted by atomic mass is 10.1. The van der Waals surface area contributed by atoms with Crippen LogP contribution in [-0.2, 0) is 9.53 Å². The third kappa shape index (κ3) is 4.09. The Bertz CT molecular complexity index is 1030. The standard InChI is InChI=1S/C21H24N2O4S/c1-12(2)26-16-8-6-15(7-9-16)17-10-28-19-18(17)20(24)23(11-22-19)14(5)21(25)27-13(3)4/h6-14H,1-5H3/t14-/m1/s1. The molecule has 0 N–H and O–H groups in total. The summed E-state index contributed by atoms with van der Waals surface area (Å²) in [6.07, 6.45) is 1.26. The highest BCUT2D eigenvalue weighted by Gasteiger charge is 2.22. The van der Waals surface area contributed by atoms with Crippen molar-refractivity contribution in [3.8, 4) is 16.9 Å². The summed E-state index contributed by atoms with van der Waals surface area (Å²) in [5.41, 5.74) is 1.45. The van der Waals surface area contributed by atoms with Gasteiger partial charge >= 0.3 is 5.97 Å². The lowest BCUT2D eigenvalue weighted by molar-refractivity contribution is -0.151. The van der Waals surface area contributed by atoms with Crippen LogP contribution in [0.1, 0.15) is 40.7 Å². The van der Waals surface area contributed by atoms with Gasteiger partial charge in [-0.3, -0.25) is 9.36 Å². The van der Waals surface area contributed by atoms with Gasteiger partial charge in [0.05, 0.1) is 23.9 Å². The van der Waals surface area contributed by atoms with Crippen LogP contribution in [0, 0.1) is 0 Å². The summed E-state index contributed by atoms with van der Waals surface area (Å²) in [5, 5.41) is 2.42. The maximum absolute atomic E-state index is 13.1. The molecule has 2 aromatic heterocycles. The largest absolute Gasteiger partial charge is 0.491 e. The Hall–Kier alpha value is -2.67. The fourth-order valence-corrected chi connectivity index (χ4v) is 3.77. The molecule has 148 valence electrons. The maximum Gasteiger partial charge on any atom is 0.329 e. The Kier molecular flexibility index (Phi) is 5.84. The molecule has 0 spiro atoms. The van der Waals surface area contributed by atoms with Gasteiger partial charge in [0.1, 0.15) is 16.6 Å². The molecule has 0 radical (unpaired) electrons. The molecule has 0 aliphatic carbocycles. The number of fused-ring (bicyclic) bond motifs is 1. The van der Waals surface area contributed by atoms with Gasteiger partial charge in [0, 0.05) is 10.9 Å². The number of esters is 1. The first-order valence-corrected chi connectivity index (χ1v) is 10.1. The zero-order valence-corrected chi connectivity index (χ0v) is 17.4. The van der Waals surface area contributed by atoms with Crippen molar-refractivity contribution in [1.82, 2.24) is 9.55 Å². The fraction of sp³-hybridized carbons (Fsp3) is 0.381. The van der Waals surface area contributed by atoms with Crippen LogP contribution in [0.3, 0.4) is 0 Å². The molecule has 0 saturated carbocycles. The van der Waals surface area contributed by atoms with Crippen LogP contribution in [0.25, 0.3) is 21.3 Å². The quantitative estimate of drug-likeness (QED) is 0.573. The molecule has 28 heavy (non-hydrogen) atoms. The molecule has 2 heterocycles. The van der Waals surface area contributed by atoms with Crippen molar-refractivity contribution in [3.05, 3.63) is 46.3 Å². The van der Waals surface area contributed by atoms with Gasteiger partial charge in [0.2, 0.25) is 0 Å². The van der Waals surface area contributed by atoms with E-state index in [0.29, 0.717) is 10.2 Å². The normalized spacial score (nSPS) is 12.5. The van der Waals surface area contributed by atoms with E-state index in [1.807, 2.05) is 43.5 Å². The highest BCUT2D eigenvalue weighted by Crippen LogP contribution is 2.32. The van der Waals surface area contributed by atoms with Crippen LogP contribution in [0.4, 0.5) is 0 Å². The number of ether oxygens (including phenoxy) is 2. The first-order valence-electron chi connectivity index (χ1n) is 9.24. The molecule has 0 bridgehead atoms. The molecule has 0 amide bonds. The van der Waals surface area contributed by atoms with Gasteiger partial charge in [0.15, 0.2) is 0 Å². The maximum atomic E-state index is 13.1. The van der Waals surface area contributed by atoms with Gasteiger partial charge in [-0.05, 0) is 52.3 Å². The first-order chi connectivity index (χ1) is 13.3. The highest BCUT2D eigenvalue weighted by molar-refractivity contribution is 7.17. The summed E-state index contributed by atoms with van der Waals surface area (Å²) < 4.78 is 12.2. The average molecular weight is 401 g/mol. The fourth-order valence-electron chi connectivity index (χ4n) is 2.86. The molecule has 3 aromatic rings. The Morgan fingerprint density at radius 3 is 2.36 bits per heavy atom. The summed E-state index contributed by atoms with van der Waals surface area (Å²) in [5.74, 6) is 0.323. The Balaban J connectivity index is 2.01. The van der Waals surface area contributed by atoms with Gasteiger partial charge < -0.3 is 9.47 Å². The summed E-state index contributed by atoms with van der Waals surface area (Å²) in [7, 11) is 0. The Morgan fingerprint density at radius 1 is 1.07 bits per heavy atom. The van der Waals surface area contributed by atoms with E-state index in [4.69, 9.17) is 9.47 Å². The molecule has 0 aliphatic rings. The molecule has 0 aliphatic heterocycles. The number of hydrogen-bond acceptors (Lipinski definition) is 6. The molecule has 1 aromatic carbocycles. The molecule has 0 saturated heterocycles. The minimum atomic E-state index is -0.749. The number of thiophene rings is 1. The van der Waals surface area contributed by atoms with E-state index in [-0.39, 0.29) is 17.8 Å². The summed E-state index contributed by atoms with van der Waals surface area (Å²) in [6.45, 7) is 9.14. The van der Waals surface area contributed by atoms with E-state index in [0.717, 1.165) is 16.9 Å². The molecule has 3 rings (SSSR count). The molecule has 0 fully saturated rings. The van der Waals surface area contributed by atoms with Crippen LogP contribution in [0.2, 0.25) is 0 Å². The number of carbonyl (C=O) groups excluding carboxylic acids is 1. The van der Waals surface area contributed by atoms with E-state index in [1.54, 1.807) is 20.8 Å². The highest BCUT2D eigenvalue weighted by atomic mass is 32.1. The molecular weight excluding hydrogens is 376 g/mol. The Morgan fingerprint density at radius 2 is 1.75 bits per heavy atom. The number of nitrogens with zero attached hydrogens (tertiary/aromatic N) is 2. The van der Waals surface area contributed by atoms with Gasteiger partial charge in [-0.2, -0.15) is 0 Å². The molecule has 6 nitrogen and oxygen atoms in total. The number of hydrogen-bond donors (Lipinski definition) is 0. The number of aromatic nitrogens is 2. The van der Waals surface area contributed by atoms with Gasteiger partial charge in [-0.25, -0.2) is 9.78 Å². The predicted octanol–water partition coefficient (Wildman–Crippen LogP) is 4.42. The number of carbonyl (C=O) groups is 1. The van der Waals surface area contributed by atoms with Gasteiger partial charge in [-0.15, -0.1) is 11.3 Å². The van der Waals surface area contributed by atoms with Crippen molar-refractivity contribution < 1.29 is 14.3 Å². The lowest BCUT2D eigenvalue weighted by Crippen LogP contribution is -2.30. The Labute approximate surface area is 167 Å². The third-order valence-electron chi connectivity index (χ3n) is 4.17. The van der Waals surface area contributed by atoms with E-state index in [9.17, 15) is 9.59 Å². The third-order valence-corrected chi connectivity index (χ3v) is 5.05. The molecule has 7 heteroatoms. The van der Waals surface area contributed by atoms with E-state index < -0.39 is 12.0 Å². The summed E-state index contributed by atoms with van der Waals surface area (Å²) in [4.78, 5) is 30.4. The van der Waals surface area contributed by atoms with E-state index in [1.165, 1.54) is 22.2 Å². The van der Waals surface area contributed by atoms with Gasteiger partial charge in [0.25, 0.3) is 5.56 Å². The smallest absolute Gasteiger partial charge is 0.329 e. The van der Waals surface area contributed by atoms with Crippen LogP contribution in [0.15, 0.2) is 40.8 Å². The van der Waals surface area contributed by atoms with Crippen LogP contribution < -0.4 is 10.3 Å². The number of rotatable bonds is 6. The van der Waals surface area contributed by atoms with Crippen molar-refractivity contribution in [2.24, 2.45) is 0 Å². The lowest BCUT2D eigenvalue weighted by Gasteiger charge is -2.16. The van der Waals surface area contributed by atoms with Crippen molar-refractivity contribution in [1.29, 1.82) is 0 Å². The van der Waals surface area contributed by atoms with Gasteiger partial charge in [-0.1, -0.05) is 12.1 Å². The predicted molar refractivity (Wildman–Crippen MR) is 111 cm³/mol. The van der Waals surface area contributed by atoms with Crippen LogP contribution in [0.5, 0.6) is 5.75 Å². The monoisotopic (exact) mass is 400 g/mol. The SMILES string of the molecule is CC(C)OC(=O)[C@@H](C)n1cnc2scc(-c3ccc(OC(C)C)cc3)c2c1=O.